The van der Waals surface area contributed by atoms with Crippen LogP contribution in [0.5, 0.6) is 5.75 Å². The van der Waals surface area contributed by atoms with Crippen molar-refractivity contribution in [1.82, 2.24) is 5.01 Å². The summed E-state index contributed by atoms with van der Waals surface area (Å²) in [5.41, 5.74) is 8.53. The van der Waals surface area contributed by atoms with Gasteiger partial charge < -0.3 is 10.5 Å². The Morgan fingerprint density at radius 3 is 3.11 bits per heavy atom. The second-order valence-electron chi connectivity index (χ2n) is 4.50. The number of hydrazone groups is 1. The van der Waals surface area contributed by atoms with Crippen molar-refractivity contribution >= 4 is 11.9 Å². The van der Waals surface area contributed by atoms with Crippen molar-refractivity contribution in [3.63, 3.8) is 0 Å². The molecule has 0 unspecified atom stereocenters. The van der Waals surface area contributed by atoms with Crippen molar-refractivity contribution < 1.29 is 4.74 Å². The van der Waals surface area contributed by atoms with Gasteiger partial charge in [-0.05, 0) is 36.8 Å². The first-order chi connectivity index (χ1) is 9.22. The average molecular weight is 253 g/mol. The number of hydrogen-bond donors (Lipinski definition) is 1. The van der Waals surface area contributed by atoms with Gasteiger partial charge in [0.15, 0.2) is 0 Å². The van der Waals surface area contributed by atoms with E-state index in [1.54, 1.807) is 0 Å². The maximum absolute atomic E-state index is 5.89. The van der Waals surface area contributed by atoms with Gasteiger partial charge in [-0.25, -0.2) is 5.01 Å². The van der Waals surface area contributed by atoms with Crippen molar-refractivity contribution in [2.45, 2.75) is 13.3 Å². The Morgan fingerprint density at radius 1 is 1.37 bits per heavy atom. The Bertz CT molecular complexity index is 626. The van der Waals surface area contributed by atoms with Crippen LogP contribution in [0.4, 0.5) is 5.69 Å². The minimum atomic E-state index is 0.744. The summed E-state index contributed by atoms with van der Waals surface area (Å²) in [4.78, 5) is 0. The number of fused-ring (bicyclic) bond motifs is 1. The highest BCUT2D eigenvalue weighted by molar-refractivity contribution is 5.62. The van der Waals surface area contributed by atoms with Crippen LogP contribution in [0.3, 0.4) is 0 Å². The van der Waals surface area contributed by atoms with E-state index in [0.29, 0.717) is 0 Å². The van der Waals surface area contributed by atoms with E-state index in [9.17, 15) is 0 Å². The van der Waals surface area contributed by atoms with E-state index in [0.717, 1.165) is 34.9 Å². The highest BCUT2D eigenvalue weighted by Gasteiger charge is 2.13. The van der Waals surface area contributed by atoms with Gasteiger partial charge in [0.05, 0.1) is 5.70 Å². The van der Waals surface area contributed by atoms with E-state index in [4.69, 9.17) is 10.5 Å². The molecule has 1 aromatic carbocycles. The second kappa shape index (κ2) is 4.65. The molecule has 1 aromatic rings. The summed E-state index contributed by atoms with van der Waals surface area (Å²) >= 11 is 0. The summed E-state index contributed by atoms with van der Waals surface area (Å²) in [5, 5.41) is 6.08. The molecule has 4 heteroatoms. The lowest BCUT2D eigenvalue weighted by Gasteiger charge is -2.23. The summed E-state index contributed by atoms with van der Waals surface area (Å²) in [5.74, 6) is 1.62. The number of nitrogens with zero attached hydrogens (tertiary/aromatic N) is 2. The summed E-state index contributed by atoms with van der Waals surface area (Å²) in [7, 11) is 0. The number of nitrogens with two attached hydrogens (primary N) is 1. The number of ether oxygens (including phenoxy) is 1. The smallest absolute Gasteiger partial charge is 0.131 e. The van der Waals surface area contributed by atoms with E-state index in [1.807, 2.05) is 54.7 Å². The number of allylic oxidation sites excluding steroid dienone is 3. The molecule has 96 valence electrons. The monoisotopic (exact) mass is 253 g/mol. The molecule has 3 rings (SSSR count). The van der Waals surface area contributed by atoms with Gasteiger partial charge in [0.2, 0.25) is 0 Å². The molecule has 0 aliphatic carbocycles. The molecule has 0 fully saturated rings. The fraction of sp³-hybridized carbons (Fsp3) is 0.133. The molecule has 0 saturated heterocycles. The number of rotatable bonds is 2. The minimum Gasteiger partial charge on any atom is -0.457 e. The van der Waals surface area contributed by atoms with Crippen LogP contribution < -0.4 is 10.5 Å². The molecule has 2 heterocycles. The molecule has 2 aliphatic heterocycles. The molecule has 0 spiro atoms. The number of hydrogen-bond acceptors (Lipinski definition) is 4. The molecule has 0 aromatic heterocycles. The third kappa shape index (κ3) is 2.38. The molecular weight excluding hydrogens is 238 g/mol. The summed E-state index contributed by atoms with van der Waals surface area (Å²) in [6.45, 7) is 1.98. The van der Waals surface area contributed by atoms with Gasteiger partial charge in [0.1, 0.15) is 11.5 Å². The largest absolute Gasteiger partial charge is 0.457 e. The third-order valence-corrected chi connectivity index (χ3v) is 3.00. The first kappa shape index (κ1) is 11.6. The van der Waals surface area contributed by atoms with Gasteiger partial charge in [0, 0.05) is 30.6 Å². The maximum atomic E-state index is 5.89. The molecule has 0 amide bonds. The zero-order valence-electron chi connectivity index (χ0n) is 10.7. The summed E-state index contributed by atoms with van der Waals surface area (Å²) in [6, 6.07) is 5.63. The van der Waals surface area contributed by atoms with Crippen LogP contribution in [0.15, 0.2) is 59.2 Å². The van der Waals surface area contributed by atoms with Crippen LogP contribution in [-0.4, -0.2) is 11.2 Å². The molecule has 4 nitrogen and oxygen atoms in total. The molecule has 0 atom stereocenters. The Labute approximate surface area is 112 Å². The fourth-order valence-electron chi connectivity index (χ4n) is 2.03. The molecule has 2 aliphatic rings. The predicted octanol–water partition coefficient (Wildman–Crippen LogP) is 2.94. The second-order valence-corrected chi connectivity index (χ2v) is 4.50. The van der Waals surface area contributed by atoms with E-state index in [2.05, 4.69) is 11.2 Å². The van der Waals surface area contributed by atoms with Gasteiger partial charge >= 0.3 is 0 Å². The van der Waals surface area contributed by atoms with Crippen molar-refractivity contribution in [2.75, 3.05) is 5.73 Å². The molecule has 0 saturated carbocycles. The molecule has 19 heavy (non-hydrogen) atoms. The summed E-state index contributed by atoms with van der Waals surface area (Å²) < 4.78 is 5.89. The zero-order valence-corrected chi connectivity index (χ0v) is 10.7. The van der Waals surface area contributed by atoms with Gasteiger partial charge in [0.25, 0.3) is 0 Å². The Morgan fingerprint density at radius 2 is 2.26 bits per heavy atom. The van der Waals surface area contributed by atoms with Gasteiger partial charge in [-0.2, -0.15) is 5.10 Å². The van der Waals surface area contributed by atoms with E-state index >= 15 is 0 Å². The van der Waals surface area contributed by atoms with Crippen molar-refractivity contribution in [3.05, 3.63) is 59.6 Å². The number of aryl methyl sites for hydroxylation is 1. The maximum Gasteiger partial charge on any atom is 0.131 e. The van der Waals surface area contributed by atoms with Gasteiger partial charge in [-0.1, -0.05) is 6.08 Å². The quantitative estimate of drug-likeness (QED) is 0.824. The number of benzene rings is 1. The lowest BCUT2D eigenvalue weighted by atomic mass is 10.2. The SMILES string of the molecule is Cc1cc(N)ccc1OC1=CC2=CCC=NN2C=C1. The number of nitrogen functional groups attached to an aromatic ring is 1. The predicted molar refractivity (Wildman–Crippen MR) is 76.5 cm³/mol. The first-order valence-corrected chi connectivity index (χ1v) is 6.18. The van der Waals surface area contributed by atoms with Crippen LogP contribution in [-0.2, 0) is 0 Å². The van der Waals surface area contributed by atoms with Crippen molar-refractivity contribution in [2.24, 2.45) is 5.10 Å². The van der Waals surface area contributed by atoms with Crippen LogP contribution in [0.25, 0.3) is 0 Å². The van der Waals surface area contributed by atoms with Crippen LogP contribution in [0, 0.1) is 6.92 Å². The lowest BCUT2D eigenvalue weighted by Crippen LogP contribution is -2.15. The standard InChI is InChI=1S/C15H15N3O/c1-11-9-12(16)4-5-15(11)19-14-6-8-18-13(10-14)3-2-7-17-18/h3-10H,2,16H2,1H3. The van der Waals surface area contributed by atoms with Gasteiger partial charge in [-0.3, -0.25) is 0 Å². The van der Waals surface area contributed by atoms with Crippen LogP contribution in [0.2, 0.25) is 0 Å². The molecule has 0 bridgehead atoms. The van der Waals surface area contributed by atoms with Crippen LogP contribution >= 0.6 is 0 Å². The molecular formula is C15H15N3O. The summed E-state index contributed by atoms with van der Waals surface area (Å²) in [6.07, 6.45) is 10.6. The first-order valence-electron chi connectivity index (χ1n) is 6.18. The number of anilines is 1. The lowest BCUT2D eigenvalue weighted by molar-refractivity contribution is 0.419. The average Bonchev–Trinajstić information content (AvgIpc) is 2.42. The molecule has 2 N–H and O–H groups in total. The van der Waals surface area contributed by atoms with Gasteiger partial charge in [-0.15, -0.1) is 0 Å². The minimum absolute atomic E-state index is 0.744. The highest BCUT2D eigenvalue weighted by atomic mass is 16.5. The Hall–Kier alpha value is -2.49. The third-order valence-electron chi connectivity index (χ3n) is 3.00. The Kier molecular flexibility index (Phi) is 2.83. The Balaban J connectivity index is 1.83. The highest BCUT2D eigenvalue weighted by Crippen LogP contribution is 2.26. The fourth-order valence-corrected chi connectivity index (χ4v) is 2.03. The van der Waals surface area contributed by atoms with Crippen molar-refractivity contribution in [1.29, 1.82) is 0 Å². The van der Waals surface area contributed by atoms with Crippen molar-refractivity contribution in [3.8, 4) is 5.75 Å². The topological polar surface area (TPSA) is 50.9 Å². The van der Waals surface area contributed by atoms with E-state index in [-0.39, 0.29) is 0 Å². The molecule has 0 radical (unpaired) electrons. The normalized spacial score (nSPS) is 16.8. The van der Waals surface area contributed by atoms with Crippen LogP contribution in [0.1, 0.15) is 12.0 Å². The van der Waals surface area contributed by atoms with E-state index < -0.39 is 0 Å². The van der Waals surface area contributed by atoms with E-state index in [1.165, 1.54) is 0 Å². The zero-order chi connectivity index (χ0) is 13.2.